The van der Waals surface area contributed by atoms with Crippen molar-refractivity contribution in [3.63, 3.8) is 0 Å². The fourth-order valence-electron chi connectivity index (χ4n) is 3.04. The van der Waals surface area contributed by atoms with Crippen molar-refractivity contribution < 1.29 is 9.10 Å². The van der Waals surface area contributed by atoms with Crippen LogP contribution in [0.5, 0.6) is 0 Å². The maximum absolute atomic E-state index is 5.85. The summed E-state index contributed by atoms with van der Waals surface area (Å²) in [6.45, 7) is 1.96. The monoisotopic (exact) mass is 277 g/mol. The lowest BCUT2D eigenvalue weighted by molar-refractivity contribution is -0.722. The van der Waals surface area contributed by atoms with Crippen LogP contribution in [0.3, 0.4) is 0 Å². The smallest absolute Gasteiger partial charge is 0.300 e. The molecule has 0 saturated carbocycles. The van der Waals surface area contributed by atoms with Gasteiger partial charge < -0.3 is 4.52 Å². The van der Waals surface area contributed by atoms with Gasteiger partial charge in [-0.25, -0.2) is 0 Å². The third-order valence-electron chi connectivity index (χ3n) is 3.97. The van der Waals surface area contributed by atoms with Crippen molar-refractivity contribution in [2.75, 3.05) is 0 Å². The fraction of sp³-hybridized carbons (Fsp3) is 0.222. The summed E-state index contributed by atoms with van der Waals surface area (Å²) < 4.78 is 7.74. The molecule has 104 valence electrons. The Kier molecular flexibility index (Phi) is 2.85. The van der Waals surface area contributed by atoms with E-state index in [1.807, 2.05) is 29.8 Å². The molecule has 1 aromatic carbocycles. The van der Waals surface area contributed by atoms with E-state index in [4.69, 9.17) is 4.52 Å². The number of aromatic nitrogens is 2. The average molecular weight is 277 g/mol. The SMILES string of the molecule is Cc1cc2ncc3c([n+]2o1)/C(=C/c1ccccc1)CCC3. The van der Waals surface area contributed by atoms with Crippen LogP contribution in [0.4, 0.5) is 0 Å². The van der Waals surface area contributed by atoms with Gasteiger partial charge in [0.1, 0.15) is 6.20 Å². The molecule has 0 unspecified atom stereocenters. The van der Waals surface area contributed by atoms with Crippen LogP contribution in [0.2, 0.25) is 0 Å². The van der Waals surface area contributed by atoms with E-state index in [0.29, 0.717) is 0 Å². The van der Waals surface area contributed by atoms with Crippen LogP contribution in [0, 0.1) is 6.92 Å². The number of allylic oxidation sites excluding steroid dienone is 1. The first-order valence-corrected chi connectivity index (χ1v) is 7.38. The predicted octanol–water partition coefficient (Wildman–Crippen LogP) is 3.60. The lowest BCUT2D eigenvalue weighted by Crippen LogP contribution is -2.29. The van der Waals surface area contributed by atoms with Crippen LogP contribution in [-0.4, -0.2) is 4.98 Å². The molecule has 4 rings (SSSR count). The first-order chi connectivity index (χ1) is 10.3. The number of rotatable bonds is 1. The molecule has 1 aliphatic carbocycles. The van der Waals surface area contributed by atoms with E-state index >= 15 is 0 Å². The van der Waals surface area contributed by atoms with E-state index in [2.05, 4.69) is 35.3 Å². The highest BCUT2D eigenvalue weighted by Gasteiger charge is 2.26. The number of fused-ring (bicyclic) bond motifs is 3. The Hall–Kier alpha value is -2.42. The number of aryl methyl sites for hydroxylation is 2. The van der Waals surface area contributed by atoms with Crippen molar-refractivity contribution in [3.05, 3.63) is 65.2 Å². The predicted molar refractivity (Wildman–Crippen MR) is 81.7 cm³/mol. The van der Waals surface area contributed by atoms with Gasteiger partial charge in [0.05, 0.1) is 6.07 Å². The maximum atomic E-state index is 5.85. The first-order valence-electron chi connectivity index (χ1n) is 7.38. The third kappa shape index (κ3) is 2.15. The Bertz CT molecular complexity index is 831. The second-order valence-corrected chi connectivity index (χ2v) is 5.56. The quantitative estimate of drug-likeness (QED) is 0.636. The highest BCUT2D eigenvalue weighted by Crippen LogP contribution is 2.30. The van der Waals surface area contributed by atoms with Crippen LogP contribution in [-0.2, 0) is 6.42 Å². The van der Waals surface area contributed by atoms with Crippen molar-refractivity contribution in [1.82, 2.24) is 4.98 Å². The summed E-state index contributed by atoms with van der Waals surface area (Å²) >= 11 is 0. The zero-order valence-corrected chi connectivity index (χ0v) is 12.0. The molecule has 0 amide bonds. The Morgan fingerprint density at radius 2 is 2.05 bits per heavy atom. The molecular formula is C18H17N2O+. The molecule has 2 heterocycles. The van der Waals surface area contributed by atoms with Gasteiger partial charge >= 0.3 is 5.65 Å². The lowest BCUT2D eigenvalue weighted by Gasteiger charge is -2.14. The van der Waals surface area contributed by atoms with Gasteiger partial charge in [-0.2, -0.15) is 0 Å². The molecule has 0 bridgehead atoms. The second kappa shape index (κ2) is 4.85. The van der Waals surface area contributed by atoms with Crippen LogP contribution in [0.25, 0.3) is 17.3 Å². The van der Waals surface area contributed by atoms with Crippen molar-refractivity contribution in [2.45, 2.75) is 26.2 Å². The minimum Gasteiger partial charge on any atom is -0.300 e. The van der Waals surface area contributed by atoms with E-state index in [9.17, 15) is 0 Å². The van der Waals surface area contributed by atoms with Gasteiger partial charge in [0.2, 0.25) is 0 Å². The Morgan fingerprint density at radius 1 is 1.19 bits per heavy atom. The Balaban J connectivity index is 1.94. The van der Waals surface area contributed by atoms with Crippen LogP contribution >= 0.6 is 0 Å². The van der Waals surface area contributed by atoms with Crippen molar-refractivity contribution in [2.24, 2.45) is 0 Å². The number of hydrogen-bond donors (Lipinski definition) is 0. The minimum atomic E-state index is 0.882. The van der Waals surface area contributed by atoms with Crippen LogP contribution in [0.1, 0.15) is 35.4 Å². The summed E-state index contributed by atoms with van der Waals surface area (Å²) in [6, 6.07) is 12.4. The van der Waals surface area contributed by atoms with Crippen molar-refractivity contribution >= 4 is 17.3 Å². The summed E-state index contributed by atoms with van der Waals surface area (Å²) in [7, 11) is 0. The van der Waals surface area contributed by atoms with Gasteiger partial charge in [-0.15, -0.1) is 0 Å². The van der Waals surface area contributed by atoms with E-state index in [1.54, 1.807) is 0 Å². The number of hydrogen-bond acceptors (Lipinski definition) is 2. The van der Waals surface area contributed by atoms with E-state index in [0.717, 1.165) is 24.2 Å². The third-order valence-corrected chi connectivity index (χ3v) is 3.97. The molecule has 0 atom stereocenters. The van der Waals surface area contributed by atoms with E-state index < -0.39 is 0 Å². The molecule has 3 nitrogen and oxygen atoms in total. The summed E-state index contributed by atoms with van der Waals surface area (Å²) in [4.78, 5) is 4.50. The molecule has 3 aromatic rings. The topological polar surface area (TPSA) is 30.1 Å². The molecule has 3 heteroatoms. The largest absolute Gasteiger partial charge is 0.366 e. The van der Waals surface area contributed by atoms with Crippen LogP contribution < -0.4 is 4.57 Å². The zero-order chi connectivity index (χ0) is 14.2. The van der Waals surface area contributed by atoms with E-state index in [1.165, 1.54) is 28.8 Å². The van der Waals surface area contributed by atoms with Gasteiger partial charge in [-0.1, -0.05) is 30.3 Å². The molecule has 0 spiro atoms. The van der Waals surface area contributed by atoms with Gasteiger partial charge in [0, 0.05) is 11.1 Å². The standard InChI is InChI=1S/C18H17N2O/c1-13-10-17-19-12-16-9-5-8-15(18(16)20(17)21-13)11-14-6-3-2-4-7-14/h2-4,6-7,10-12H,5,8-9H2,1H3/q+1/b15-11+. The molecule has 0 N–H and O–H groups in total. The van der Waals surface area contributed by atoms with Gasteiger partial charge in [0.15, 0.2) is 11.5 Å². The molecule has 0 radical (unpaired) electrons. The number of benzene rings is 1. The molecule has 0 aliphatic heterocycles. The summed E-state index contributed by atoms with van der Waals surface area (Å²) in [5.74, 6) is 0.889. The summed E-state index contributed by atoms with van der Waals surface area (Å²) in [5, 5.41) is 0. The van der Waals surface area contributed by atoms with Crippen molar-refractivity contribution in [1.29, 1.82) is 0 Å². The number of nitrogens with zero attached hydrogens (tertiary/aromatic N) is 2. The zero-order valence-electron chi connectivity index (χ0n) is 12.0. The maximum Gasteiger partial charge on any atom is 0.366 e. The van der Waals surface area contributed by atoms with E-state index in [-0.39, 0.29) is 0 Å². The molecule has 0 saturated heterocycles. The highest BCUT2D eigenvalue weighted by molar-refractivity contribution is 5.81. The molecule has 21 heavy (non-hydrogen) atoms. The normalized spacial score (nSPS) is 16.3. The Morgan fingerprint density at radius 3 is 2.90 bits per heavy atom. The molecular weight excluding hydrogens is 260 g/mol. The average Bonchev–Trinajstić information content (AvgIpc) is 2.89. The van der Waals surface area contributed by atoms with Gasteiger partial charge in [-0.05, 0) is 47.4 Å². The Labute approximate surface area is 123 Å². The van der Waals surface area contributed by atoms with Gasteiger partial charge in [0.25, 0.3) is 0 Å². The summed E-state index contributed by atoms with van der Waals surface area (Å²) in [5.41, 5.74) is 5.90. The second-order valence-electron chi connectivity index (χ2n) is 5.56. The fourth-order valence-corrected chi connectivity index (χ4v) is 3.04. The van der Waals surface area contributed by atoms with Gasteiger partial charge in [-0.3, -0.25) is 0 Å². The molecule has 2 aromatic heterocycles. The van der Waals surface area contributed by atoms with Crippen molar-refractivity contribution in [3.8, 4) is 0 Å². The molecule has 0 fully saturated rings. The first kappa shape index (κ1) is 12.3. The minimum absolute atomic E-state index is 0.882. The van der Waals surface area contributed by atoms with Crippen LogP contribution in [0.15, 0.2) is 47.1 Å². The summed E-state index contributed by atoms with van der Waals surface area (Å²) in [6.07, 6.45) is 7.57. The molecule has 1 aliphatic rings. The highest BCUT2D eigenvalue weighted by atomic mass is 16.5. The lowest BCUT2D eigenvalue weighted by atomic mass is 9.91.